The minimum Gasteiger partial charge on any atom is -0.461 e. The van der Waals surface area contributed by atoms with E-state index in [1.165, 1.54) is 43.5 Å². The Morgan fingerprint density at radius 2 is 1.58 bits per heavy atom. The highest BCUT2D eigenvalue weighted by molar-refractivity contribution is 5.94. The van der Waals surface area contributed by atoms with Crippen LogP contribution in [0, 0.1) is 18.6 Å². The van der Waals surface area contributed by atoms with Gasteiger partial charge in [-0.1, -0.05) is 19.1 Å². The molecule has 6 unspecified atom stereocenters. The Labute approximate surface area is 344 Å². The molecule has 6 N–H and O–H groups in total. The minimum atomic E-state index is -1.21. The number of nitrogens with zero attached hydrogens (tertiary/aromatic N) is 3. The van der Waals surface area contributed by atoms with E-state index in [9.17, 15) is 47.4 Å². The number of hydrogen-bond donors (Lipinski definition) is 5. The summed E-state index contributed by atoms with van der Waals surface area (Å²) in [6, 6.07) is 7.41. The van der Waals surface area contributed by atoms with Gasteiger partial charge in [-0.3, -0.25) is 28.9 Å². The lowest BCUT2D eigenvalue weighted by Crippen LogP contribution is -2.58. The summed E-state index contributed by atoms with van der Waals surface area (Å²) in [6.45, 7) is 9.27. The first kappa shape index (κ1) is 49.7. The lowest BCUT2D eigenvalue weighted by molar-refractivity contribution is -0.156. The number of primary amides is 1. The summed E-state index contributed by atoms with van der Waals surface area (Å²) in [7, 11) is 3.26. The number of aryl methyl sites for hydroxylation is 2. The largest absolute Gasteiger partial charge is 0.461 e. The molecule has 18 heteroatoms. The van der Waals surface area contributed by atoms with Crippen LogP contribution < -0.4 is 21.7 Å². The zero-order valence-corrected chi connectivity index (χ0v) is 34.8. The number of anilines is 1. The first-order valence-electron chi connectivity index (χ1n) is 19.5. The molecule has 2 fully saturated rings. The van der Waals surface area contributed by atoms with Crippen molar-refractivity contribution in [2.24, 2.45) is 5.73 Å². The second kappa shape index (κ2) is 24.4. The maximum atomic E-state index is 13.2. The van der Waals surface area contributed by atoms with E-state index in [0.717, 1.165) is 36.8 Å². The highest BCUT2D eigenvalue weighted by atomic mass is 19.1. The molecule has 0 saturated carbocycles. The monoisotopic (exact) mass is 831 g/mol. The molecular weight excluding hydrogens is 772 g/mol. The second-order valence-corrected chi connectivity index (χ2v) is 14.7. The average molecular weight is 832 g/mol. The number of urea groups is 1. The maximum absolute atomic E-state index is 13.2. The fourth-order valence-corrected chi connectivity index (χ4v) is 6.50. The van der Waals surface area contributed by atoms with Gasteiger partial charge < -0.3 is 46.1 Å². The number of carbonyl (C=O) groups excluding carboxylic acids is 7. The number of ether oxygens (including phenoxy) is 1. The number of aliphatic hydroxyl groups is 1. The summed E-state index contributed by atoms with van der Waals surface area (Å²) in [5.41, 5.74) is 7.37. The first-order chi connectivity index (χ1) is 27.8. The molecule has 326 valence electrons. The number of esters is 1. The van der Waals surface area contributed by atoms with Crippen LogP contribution in [-0.4, -0.2) is 132 Å². The number of amides is 6. The first-order valence-corrected chi connectivity index (χ1v) is 19.5. The van der Waals surface area contributed by atoms with E-state index in [2.05, 4.69) is 22.9 Å². The number of hydrogen-bond acceptors (Lipinski definition) is 10. The molecule has 16 nitrogen and oxygen atoms in total. The molecule has 2 aliphatic heterocycles. The Morgan fingerprint density at radius 1 is 0.983 bits per heavy atom. The van der Waals surface area contributed by atoms with E-state index < -0.39 is 65.7 Å². The Balaban J connectivity index is 0.000000390. The average Bonchev–Trinajstić information content (AvgIpc) is 3.83. The van der Waals surface area contributed by atoms with Crippen molar-refractivity contribution in [3.8, 4) is 0 Å². The van der Waals surface area contributed by atoms with Crippen molar-refractivity contribution in [3.63, 3.8) is 0 Å². The van der Waals surface area contributed by atoms with Gasteiger partial charge >= 0.3 is 12.0 Å². The lowest BCUT2D eigenvalue weighted by atomic mass is 10.1. The fraction of sp³-hybridized carbons (Fsp3) is 0.537. The van der Waals surface area contributed by atoms with Crippen LogP contribution in [-0.2, 0) is 39.9 Å². The van der Waals surface area contributed by atoms with E-state index in [1.807, 2.05) is 36.2 Å². The topological polar surface area (TPSA) is 221 Å². The third-order valence-electron chi connectivity index (χ3n) is 9.54. The summed E-state index contributed by atoms with van der Waals surface area (Å²) in [4.78, 5) is 88.2. The molecule has 0 radical (unpaired) electrons. The third kappa shape index (κ3) is 16.7. The molecule has 2 aromatic carbocycles. The van der Waals surface area contributed by atoms with Crippen molar-refractivity contribution in [1.29, 1.82) is 0 Å². The van der Waals surface area contributed by atoms with Gasteiger partial charge in [-0.2, -0.15) is 0 Å². The summed E-state index contributed by atoms with van der Waals surface area (Å²) in [6.07, 6.45) is 2.33. The van der Waals surface area contributed by atoms with E-state index in [4.69, 9.17) is 10.5 Å². The van der Waals surface area contributed by atoms with Gasteiger partial charge in [0.25, 0.3) is 0 Å². The molecule has 4 rings (SSSR count). The number of aliphatic hydroxyl groups excluding tert-OH is 1. The molecule has 2 aromatic rings. The fourth-order valence-electron chi connectivity index (χ4n) is 6.50. The van der Waals surface area contributed by atoms with Crippen LogP contribution in [0.3, 0.4) is 0 Å². The Morgan fingerprint density at radius 3 is 2.08 bits per heavy atom. The van der Waals surface area contributed by atoms with Gasteiger partial charge in [0.05, 0.1) is 25.1 Å². The summed E-state index contributed by atoms with van der Waals surface area (Å²) in [5, 5.41) is 17.5. The zero-order chi connectivity index (χ0) is 44.4. The molecule has 59 heavy (non-hydrogen) atoms. The molecule has 6 atom stereocenters. The minimum absolute atomic E-state index is 0.0488. The van der Waals surface area contributed by atoms with Gasteiger partial charge in [0.1, 0.15) is 42.2 Å². The highest BCUT2D eigenvalue weighted by Crippen LogP contribution is 2.23. The van der Waals surface area contributed by atoms with Crippen LogP contribution in [0.25, 0.3) is 0 Å². The molecule has 0 aromatic heterocycles. The number of benzene rings is 2. The van der Waals surface area contributed by atoms with Crippen LogP contribution in [0.2, 0.25) is 0 Å². The highest BCUT2D eigenvalue weighted by Gasteiger charge is 2.41. The lowest BCUT2D eigenvalue weighted by Gasteiger charge is -2.34. The number of rotatable bonds is 14. The van der Waals surface area contributed by atoms with Crippen molar-refractivity contribution >= 4 is 47.6 Å². The predicted octanol–water partition coefficient (Wildman–Crippen LogP) is 2.43. The van der Waals surface area contributed by atoms with E-state index in [0.29, 0.717) is 36.9 Å². The number of nitrogens with one attached hydrogen (secondary N) is 3. The quantitative estimate of drug-likeness (QED) is 0.138. The van der Waals surface area contributed by atoms with E-state index in [1.54, 1.807) is 13.8 Å². The normalized spacial score (nSPS) is 18.0. The van der Waals surface area contributed by atoms with Crippen LogP contribution in [0.15, 0.2) is 42.5 Å². The SMILES string of the molecule is CC(C=O)NC(=O)C(C(C)O)N(C)C(=O)C1CCCN1C(=O)CC(C)OC(=O)C1CCCN1C.CCc1ccc(NC(=O)NCC(N)=O)cc1.Cc1cc(F)cc(F)c1. The number of halogens is 2. The molecule has 6 amide bonds. The van der Waals surface area contributed by atoms with Gasteiger partial charge in [0, 0.05) is 25.3 Å². The second-order valence-electron chi connectivity index (χ2n) is 14.7. The zero-order valence-electron chi connectivity index (χ0n) is 34.8. The van der Waals surface area contributed by atoms with Gasteiger partial charge in [0.2, 0.25) is 23.6 Å². The number of likely N-dealkylation sites (N-methyl/N-ethyl adjacent to an activating group) is 2. The molecule has 0 aliphatic carbocycles. The summed E-state index contributed by atoms with van der Waals surface area (Å²) >= 11 is 0. The van der Waals surface area contributed by atoms with E-state index >= 15 is 0 Å². The van der Waals surface area contributed by atoms with Crippen molar-refractivity contribution in [3.05, 3.63) is 65.2 Å². The number of nitrogens with two attached hydrogens (primary N) is 1. The molecule has 2 saturated heterocycles. The number of carbonyl (C=O) groups is 7. The van der Waals surface area contributed by atoms with Gasteiger partial charge in [-0.25, -0.2) is 13.6 Å². The Hall–Kier alpha value is -5.49. The summed E-state index contributed by atoms with van der Waals surface area (Å²) < 4.78 is 29.9. The van der Waals surface area contributed by atoms with Gasteiger partial charge in [-0.05, 0) is 109 Å². The van der Waals surface area contributed by atoms with Gasteiger partial charge in [-0.15, -0.1) is 0 Å². The molecule has 0 spiro atoms. The van der Waals surface area contributed by atoms with Crippen LogP contribution in [0.4, 0.5) is 19.3 Å². The van der Waals surface area contributed by atoms with Crippen molar-refractivity contribution in [2.75, 3.05) is 39.0 Å². The molecule has 2 aliphatic rings. The molecular formula is C41H59F2N7O9. The van der Waals surface area contributed by atoms with Crippen molar-refractivity contribution < 1.29 is 52.2 Å². The van der Waals surface area contributed by atoms with Crippen molar-refractivity contribution in [1.82, 2.24) is 25.3 Å². The van der Waals surface area contributed by atoms with Crippen LogP contribution in [0.1, 0.15) is 70.9 Å². The van der Waals surface area contributed by atoms with Crippen LogP contribution >= 0.6 is 0 Å². The number of likely N-dealkylation sites (tertiary alicyclic amines) is 2. The predicted molar refractivity (Wildman–Crippen MR) is 216 cm³/mol. The smallest absolute Gasteiger partial charge is 0.323 e. The maximum Gasteiger partial charge on any atom is 0.323 e. The van der Waals surface area contributed by atoms with E-state index in [-0.39, 0.29) is 30.9 Å². The van der Waals surface area contributed by atoms with Crippen molar-refractivity contribution in [2.45, 2.75) is 110 Å². The Kier molecular flexibility index (Phi) is 20.6. The number of aldehydes is 1. The molecule has 0 bridgehead atoms. The molecule has 2 heterocycles. The van der Waals surface area contributed by atoms with Crippen LogP contribution in [0.5, 0.6) is 0 Å². The summed E-state index contributed by atoms with van der Waals surface area (Å²) in [5.74, 6) is -3.39. The van der Waals surface area contributed by atoms with Gasteiger partial charge in [0.15, 0.2) is 0 Å². The Bertz CT molecular complexity index is 1700. The standard InChI is InChI=1S/C23H38N4O7.C11H15N3O2.C7H6F2/c1-14(13-28)24-21(31)20(16(3)29)26(5)22(32)17-8-7-11-27(17)19(30)12-15(2)34-23(33)18-9-6-10-25(18)4;1-2-8-3-5-9(6-4-8)14-11(16)13-7-10(12)15;1-5-2-6(8)4-7(9)3-5/h13-18,20,29H,6-12H2,1-5H3,(H,24,31);3-6H,2,7H2,1H3,(H2,12,15)(H2,13,14,16);2-4H,1H3. The third-order valence-corrected chi connectivity index (χ3v) is 9.54.